The van der Waals surface area contributed by atoms with Crippen molar-refractivity contribution in [3.63, 3.8) is 0 Å². The molecule has 0 fully saturated rings. The Morgan fingerprint density at radius 3 is 1.82 bits per heavy atom. The minimum atomic E-state index is -3.30. The zero-order valence-electron chi connectivity index (χ0n) is 32.7. The highest BCUT2D eigenvalue weighted by molar-refractivity contribution is 7.20. The van der Waals surface area contributed by atoms with E-state index in [2.05, 4.69) is 181 Å². The number of fused-ring (bicyclic) bond motifs is 7. The van der Waals surface area contributed by atoms with Crippen molar-refractivity contribution in [3.8, 4) is 17.2 Å². The van der Waals surface area contributed by atoms with Crippen LogP contribution in [0.2, 0.25) is 0 Å². The summed E-state index contributed by atoms with van der Waals surface area (Å²) >= 11 is 0. The summed E-state index contributed by atoms with van der Waals surface area (Å²) in [6.45, 7) is 0. The molecule has 0 aliphatic carbocycles. The quantitative estimate of drug-likeness (QED) is 0.109. The second kappa shape index (κ2) is 13.9. The van der Waals surface area contributed by atoms with E-state index < -0.39 is 13.5 Å². The topological polar surface area (TPSA) is 109 Å². The first-order chi connectivity index (χ1) is 30.2. The van der Waals surface area contributed by atoms with E-state index in [1.807, 2.05) is 24.3 Å². The molecular formula is C50H35N7O3Si. The highest BCUT2D eigenvalue weighted by Crippen LogP contribution is 2.51. The molecule has 1 aliphatic rings. The van der Waals surface area contributed by atoms with E-state index >= 15 is 0 Å². The smallest absolute Gasteiger partial charge is 0.220 e. The molecule has 0 N–H and O–H groups in total. The monoisotopic (exact) mass is 809 g/mol. The molecule has 5 heterocycles. The van der Waals surface area contributed by atoms with Crippen LogP contribution in [0.25, 0.3) is 33.5 Å². The fourth-order valence-electron chi connectivity index (χ4n) is 9.86. The van der Waals surface area contributed by atoms with Crippen LogP contribution in [-0.2, 0) is 18.3 Å². The van der Waals surface area contributed by atoms with Gasteiger partial charge >= 0.3 is 0 Å². The van der Waals surface area contributed by atoms with Crippen LogP contribution in [0.3, 0.4) is 0 Å². The summed E-state index contributed by atoms with van der Waals surface area (Å²) < 4.78 is 23.7. The Balaban J connectivity index is 1.17. The van der Waals surface area contributed by atoms with E-state index in [1.54, 1.807) is 0 Å². The van der Waals surface area contributed by atoms with E-state index in [4.69, 9.17) is 18.6 Å². The molecule has 4 aromatic heterocycles. The number of hydrogen-bond acceptors (Lipinski definition) is 8. The number of aromatic nitrogens is 7. The molecule has 0 spiro atoms. The number of benzene rings is 7. The first-order valence-corrected chi connectivity index (χ1v) is 22.2. The molecule has 0 atom stereocenters. The summed E-state index contributed by atoms with van der Waals surface area (Å²) in [6, 6.07) is 62.5. The Kier molecular flexibility index (Phi) is 7.97. The van der Waals surface area contributed by atoms with Gasteiger partial charge in [-0.05, 0) is 63.2 Å². The normalized spacial score (nSPS) is 13.3. The van der Waals surface area contributed by atoms with E-state index in [9.17, 15) is 0 Å². The Morgan fingerprint density at radius 2 is 1.11 bits per heavy atom. The lowest BCUT2D eigenvalue weighted by Gasteiger charge is -2.42. The predicted molar refractivity (Wildman–Crippen MR) is 236 cm³/mol. The van der Waals surface area contributed by atoms with Gasteiger partial charge in [-0.15, -0.1) is 20.4 Å². The average Bonchev–Trinajstić information content (AvgIpc) is 4.15. The molecule has 1 aliphatic heterocycles. The van der Waals surface area contributed by atoms with Crippen molar-refractivity contribution in [1.29, 1.82) is 0 Å². The summed E-state index contributed by atoms with van der Waals surface area (Å²) in [5, 5.41) is 21.7. The fourth-order valence-corrected chi connectivity index (χ4v) is 14.8. The summed E-state index contributed by atoms with van der Waals surface area (Å²) in [7, 11) is -3.30. The molecule has 12 rings (SSSR count). The van der Waals surface area contributed by atoms with Crippen LogP contribution in [0, 0.1) is 0 Å². The van der Waals surface area contributed by atoms with Gasteiger partial charge in [-0.2, -0.15) is 0 Å². The van der Waals surface area contributed by atoms with Crippen LogP contribution in [-0.4, -0.2) is 42.4 Å². The summed E-state index contributed by atoms with van der Waals surface area (Å²) in [4.78, 5) is 5.23. The van der Waals surface area contributed by atoms with Crippen LogP contribution in [0.1, 0.15) is 22.9 Å². The Morgan fingerprint density at radius 1 is 0.525 bits per heavy atom. The van der Waals surface area contributed by atoms with Crippen molar-refractivity contribution < 1.29 is 13.6 Å². The third-order valence-corrected chi connectivity index (χ3v) is 17.1. The van der Waals surface area contributed by atoms with Gasteiger partial charge in [0.2, 0.25) is 30.3 Å². The van der Waals surface area contributed by atoms with Gasteiger partial charge in [0, 0.05) is 35.1 Å². The Bertz CT molecular complexity index is 3290. The van der Waals surface area contributed by atoms with Crippen molar-refractivity contribution in [3.05, 3.63) is 212 Å². The van der Waals surface area contributed by atoms with E-state index in [1.165, 1.54) is 28.3 Å². The maximum Gasteiger partial charge on any atom is 0.220 e. The highest BCUT2D eigenvalue weighted by atomic mass is 28.3. The second-order valence-electron chi connectivity index (χ2n) is 15.5. The number of hydrogen-bond donors (Lipinski definition) is 0. The molecule has 10 nitrogen and oxygen atoms in total. The van der Waals surface area contributed by atoms with E-state index in [0.29, 0.717) is 24.6 Å². The van der Waals surface area contributed by atoms with E-state index in [0.717, 1.165) is 61.3 Å². The van der Waals surface area contributed by atoms with Gasteiger partial charge in [-0.1, -0.05) is 133 Å². The van der Waals surface area contributed by atoms with Gasteiger partial charge in [0.25, 0.3) is 0 Å². The third-order valence-electron chi connectivity index (χ3n) is 12.3. The lowest BCUT2D eigenvalue weighted by atomic mass is 9.68. The first-order valence-electron chi connectivity index (χ1n) is 20.2. The number of nitrogens with zero attached hydrogens (tertiary/aromatic N) is 7. The van der Waals surface area contributed by atoms with Crippen molar-refractivity contribution in [2.75, 3.05) is 0 Å². The zero-order valence-corrected chi connectivity index (χ0v) is 33.7. The molecule has 0 bridgehead atoms. The van der Waals surface area contributed by atoms with Crippen LogP contribution < -0.4 is 25.5 Å². The zero-order chi connectivity index (χ0) is 40.4. The van der Waals surface area contributed by atoms with Crippen molar-refractivity contribution in [2.45, 2.75) is 18.3 Å². The van der Waals surface area contributed by atoms with Gasteiger partial charge in [0.1, 0.15) is 11.5 Å². The summed E-state index contributed by atoms with van der Waals surface area (Å²) in [5.41, 5.74) is 6.36. The van der Waals surface area contributed by atoms with Crippen molar-refractivity contribution in [2.24, 2.45) is 0 Å². The molecular weight excluding hydrogens is 775 g/mol. The molecule has 0 unspecified atom stereocenters. The molecule has 0 saturated heterocycles. The number of ether oxygens (including phenoxy) is 1. The van der Waals surface area contributed by atoms with Gasteiger partial charge < -0.3 is 13.6 Å². The molecule has 0 radical (unpaired) electrons. The number of para-hydroxylation sites is 6. The summed E-state index contributed by atoms with van der Waals surface area (Å²) in [6.07, 6.45) is 3.51. The maximum absolute atomic E-state index is 7.31. The number of rotatable bonds is 9. The molecule has 61 heavy (non-hydrogen) atoms. The first kappa shape index (κ1) is 35.1. The third kappa shape index (κ3) is 5.30. The minimum absolute atomic E-state index is 0.377. The molecule has 7 aromatic carbocycles. The average molecular weight is 810 g/mol. The minimum Gasteiger partial charge on any atom is -0.457 e. The maximum atomic E-state index is 7.31. The van der Waals surface area contributed by atoms with E-state index in [-0.39, 0.29) is 0 Å². The Hall–Kier alpha value is -7.89. The van der Waals surface area contributed by atoms with Gasteiger partial charge in [-0.3, -0.25) is 8.97 Å². The largest absolute Gasteiger partial charge is 0.457 e. The Labute approximate surface area is 350 Å². The predicted octanol–water partition coefficient (Wildman–Crippen LogP) is 7.45. The molecule has 0 amide bonds. The highest BCUT2D eigenvalue weighted by Gasteiger charge is 2.50. The fraction of sp³-hybridized carbons (Fsp3) is 0.0600. The number of imidazole rings is 2. The lowest BCUT2D eigenvalue weighted by molar-refractivity contribution is 0.338. The molecule has 0 saturated carbocycles. The van der Waals surface area contributed by atoms with Crippen molar-refractivity contribution >= 4 is 56.7 Å². The van der Waals surface area contributed by atoms with Gasteiger partial charge in [0.15, 0.2) is 8.07 Å². The SMILES string of the molecule is c1ccc([Si](c2ccccc2)(c2cccc(-n3c4ccccc4n4c5ccccc5nc34)c2)c2cccc3c2Oc2ccccc2C3(Cc2nnco2)Cc2nnco2)cc1. The van der Waals surface area contributed by atoms with Crippen LogP contribution >= 0.6 is 0 Å². The lowest BCUT2D eigenvalue weighted by Crippen LogP contribution is -2.75. The van der Waals surface area contributed by atoms with Crippen LogP contribution in [0.15, 0.2) is 198 Å². The van der Waals surface area contributed by atoms with Gasteiger partial charge in [-0.25, -0.2) is 4.98 Å². The van der Waals surface area contributed by atoms with Crippen LogP contribution in [0.5, 0.6) is 11.5 Å². The van der Waals surface area contributed by atoms with Crippen molar-refractivity contribution in [1.82, 2.24) is 34.3 Å². The van der Waals surface area contributed by atoms with Crippen LogP contribution in [0.4, 0.5) is 0 Å². The van der Waals surface area contributed by atoms with Gasteiger partial charge in [0.05, 0.1) is 22.1 Å². The summed E-state index contributed by atoms with van der Waals surface area (Å²) in [5.74, 6) is 3.37. The molecule has 292 valence electrons. The standard InChI is InChI=1S/C50H35N7O3Si/c1-3-16-35(17-4-1)61(36-18-5-2-6-19-36,37-20-13-15-34(29-37)56-42-25-10-11-26-43(42)57-41-24-9-8-23-40(41)53-49(56)57)45-28-14-22-39-48(45)60-44-27-12-7-21-38(44)50(39,30-46-54-51-32-58-46)31-47-55-52-33-59-47/h1-29,32-33H,30-31H2. The molecule has 11 heteroatoms. The second-order valence-corrected chi connectivity index (χ2v) is 19.2. The molecule has 11 aromatic rings.